The molecule has 2 rings (SSSR count). The van der Waals surface area contributed by atoms with E-state index in [9.17, 15) is 13.2 Å². The normalized spacial score (nSPS) is 22.2. The van der Waals surface area contributed by atoms with Gasteiger partial charge in [-0.1, -0.05) is 0 Å². The summed E-state index contributed by atoms with van der Waals surface area (Å²) in [4.78, 5) is 15.9. The lowest BCUT2D eigenvalue weighted by atomic mass is 10.0. The van der Waals surface area contributed by atoms with Gasteiger partial charge in [0, 0.05) is 13.0 Å². The Kier molecular flexibility index (Phi) is 3.79. The maximum Gasteiger partial charge on any atom is 0.150 e. The Morgan fingerprint density at radius 1 is 1.56 bits per heavy atom. The van der Waals surface area contributed by atoms with E-state index in [1.807, 2.05) is 6.92 Å². The number of hydrogen-bond acceptors (Lipinski definition) is 5. The molecule has 7 heteroatoms. The van der Waals surface area contributed by atoms with Gasteiger partial charge in [0.15, 0.2) is 9.84 Å². The first-order chi connectivity index (χ1) is 8.50. The maximum absolute atomic E-state index is 11.9. The van der Waals surface area contributed by atoms with Crippen LogP contribution in [-0.4, -0.2) is 40.5 Å². The Hall–Kier alpha value is -1.24. The number of rotatable bonds is 5. The summed E-state index contributed by atoms with van der Waals surface area (Å²) in [5.74, 6) is 1.05. The lowest BCUT2D eigenvalue weighted by molar-refractivity contribution is -0.119. The molecule has 18 heavy (non-hydrogen) atoms. The zero-order chi connectivity index (χ0) is 13.2. The summed E-state index contributed by atoms with van der Waals surface area (Å²) in [5, 5.41) is 4.00. The maximum atomic E-state index is 11.9. The van der Waals surface area contributed by atoms with Gasteiger partial charge in [-0.2, -0.15) is 5.10 Å². The molecule has 1 aliphatic rings. The molecule has 0 saturated carbocycles. The van der Waals surface area contributed by atoms with Gasteiger partial charge in [-0.25, -0.2) is 18.1 Å². The highest BCUT2D eigenvalue weighted by molar-refractivity contribution is 7.91. The largest absolute Gasteiger partial charge is 0.299 e. The third kappa shape index (κ3) is 3.16. The molecule has 1 aromatic heterocycles. The first kappa shape index (κ1) is 13.2. The molecule has 1 fully saturated rings. The molecule has 1 aromatic rings. The Morgan fingerprint density at radius 2 is 2.33 bits per heavy atom. The Balaban J connectivity index is 1.90. The molecule has 1 atom stereocenters. The van der Waals surface area contributed by atoms with Crippen LogP contribution in [0.1, 0.15) is 25.6 Å². The lowest BCUT2D eigenvalue weighted by Crippen LogP contribution is -2.15. The summed E-state index contributed by atoms with van der Waals surface area (Å²) < 4.78 is 24.3. The average molecular weight is 271 g/mol. The van der Waals surface area contributed by atoms with E-state index in [0.29, 0.717) is 25.2 Å². The van der Waals surface area contributed by atoms with E-state index in [2.05, 4.69) is 10.1 Å². The van der Waals surface area contributed by atoms with Gasteiger partial charge in [0.1, 0.15) is 17.9 Å². The number of hydrogen-bond donors (Lipinski definition) is 0. The van der Waals surface area contributed by atoms with E-state index in [-0.39, 0.29) is 29.6 Å². The minimum absolute atomic E-state index is 0.0134. The fourth-order valence-corrected chi connectivity index (χ4v) is 4.15. The Morgan fingerprint density at radius 3 is 2.94 bits per heavy atom. The predicted molar refractivity (Wildman–Crippen MR) is 65.8 cm³/mol. The molecule has 0 bridgehead atoms. The van der Waals surface area contributed by atoms with Crippen molar-refractivity contribution in [3.8, 4) is 0 Å². The highest BCUT2D eigenvalue weighted by Crippen LogP contribution is 2.22. The fraction of sp³-hybridized carbons (Fsp3) is 0.727. The van der Waals surface area contributed by atoms with Crippen molar-refractivity contribution >= 4 is 15.6 Å². The number of aromatic nitrogens is 3. The van der Waals surface area contributed by atoms with E-state index >= 15 is 0 Å². The second-order valence-electron chi connectivity index (χ2n) is 4.68. The molecule has 0 radical (unpaired) electrons. The zero-order valence-corrected chi connectivity index (χ0v) is 11.2. The monoisotopic (exact) mass is 271 g/mol. The van der Waals surface area contributed by atoms with Gasteiger partial charge < -0.3 is 0 Å². The van der Waals surface area contributed by atoms with E-state index < -0.39 is 9.84 Å². The summed E-state index contributed by atoms with van der Waals surface area (Å²) in [6.07, 6.45) is 2.61. The number of Topliss-reactive ketones (excluding diaryl/α,β-unsaturated/α-hetero) is 1. The van der Waals surface area contributed by atoms with Gasteiger partial charge in [0.2, 0.25) is 0 Å². The van der Waals surface area contributed by atoms with Crippen molar-refractivity contribution in [2.75, 3.05) is 11.5 Å². The van der Waals surface area contributed by atoms with Gasteiger partial charge in [-0.05, 0) is 19.3 Å². The second-order valence-corrected chi connectivity index (χ2v) is 6.91. The van der Waals surface area contributed by atoms with Crippen molar-refractivity contribution in [2.45, 2.75) is 32.7 Å². The van der Waals surface area contributed by atoms with Crippen molar-refractivity contribution in [1.82, 2.24) is 14.8 Å². The van der Waals surface area contributed by atoms with Crippen LogP contribution in [0, 0.1) is 5.92 Å². The van der Waals surface area contributed by atoms with Crippen LogP contribution < -0.4 is 0 Å². The van der Waals surface area contributed by atoms with Crippen LogP contribution in [0.25, 0.3) is 0 Å². The van der Waals surface area contributed by atoms with Crippen LogP contribution in [0.2, 0.25) is 0 Å². The minimum atomic E-state index is -2.90. The van der Waals surface area contributed by atoms with Crippen LogP contribution in [0.4, 0.5) is 0 Å². The van der Waals surface area contributed by atoms with Gasteiger partial charge in [-0.3, -0.25) is 4.79 Å². The molecule has 0 aliphatic carbocycles. The number of sulfone groups is 1. The molecular weight excluding hydrogens is 254 g/mol. The van der Waals surface area contributed by atoms with Crippen molar-refractivity contribution in [3.63, 3.8) is 0 Å². The van der Waals surface area contributed by atoms with Gasteiger partial charge >= 0.3 is 0 Å². The fourth-order valence-electron chi connectivity index (χ4n) is 2.29. The third-order valence-electron chi connectivity index (χ3n) is 3.19. The van der Waals surface area contributed by atoms with Crippen molar-refractivity contribution in [1.29, 1.82) is 0 Å². The highest BCUT2D eigenvalue weighted by Gasteiger charge is 2.29. The first-order valence-corrected chi connectivity index (χ1v) is 7.91. The predicted octanol–water partition coefficient (Wildman–Crippen LogP) is 0.234. The minimum Gasteiger partial charge on any atom is -0.299 e. The number of nitrogens with zero attached hydrogens (tertiary/aromatic N) is 3. The van der Waals surface area contributed by atoms with Crippen LogP contribution in [-0.2, 0) is 27.6 Å². The van der Waals surface area contributed by atoms with Gasteiger partial charge in [0.25, 0.3) is 0 Å². The lowest BCUT2D eigenvalue weighted by Gasteiger charge is -2.06. The summed E-state index contributed by atoms with van der Waals surface area (Å²) >= 11 is 0. The standard InChI is InChI=1S/C11H17N3O3S/c1-2-14-11(12-8-13-14)6-10(15)5-9-3-4-18(16,17)7-9/h8-9H,2-7H2,1H3. The van der Waals surface area contributed by atoms with Crippen LogP contribution in [0.3, 0.4) is 0 Å². The molecule has 0 N–H and O–H groups in total. The molecule has 0 spiro atoms. The van der Waals surface area contributed by atoms with E-state index in [1.165, 1.54) is 6.33 Å². The van der Waals surface area contributed by atoms with E-state index in [1.54, 1.807) is 4.68 Å². The number of carbonyl (C=O) groups excluding carboxylic acids is 1. The molecule has 1 saturated heterocycles. The molecule has 1 aliphatic heterocycles. The van der Waals surface area contributed by atoms with E-state index in [4.69, 9.17) is 0 Å². The second kappa shape index (κ2) is 5.17. The van der Waals surface area contributed by atoms with Crippen molar-refractivity contribution < 1.29 is 13.2 Å². The third-order valence-corrected chi connectivity index (χ3v) is 5.03. The molecule has 1 unspecified atom stereocenters. The summed E-state index contributed by atoms with van der Waals surface area (Å²) in [5.41, 5.74) is 0. The molecule has 0 amide bonds. The van der Waals surface area contributed by atoms with Crippen molar-refractivity contribution in [3.05, 3.63) is 12.2 Å². The van der Waals surface area contributed by atoms with Crippen LogP contribution >= 0.6 is 0 Å². The quantitative estimate of drug-likeness (QED) is 0.766. The van der Waals surface area contributed by atoms with Crippen LogP contribution in [0.5, 0.6) is 0 Å². The Labute approximate surface area is 106 Å². The molecule has 6 nitrogen and oxygen atoms in total. The smallest absolute Gasteiger partial charge is 0.150 e. The van der Waals surface area contributed by atoms with Gasteiger partial charge in [0.05, 0.1) is 17.9 Å². The van der Waals surface area contributed by atoms with E-state index in [0.717, 1.165) is 0 Å². The van der Waals surface area contributed by atoms with Crippen LogP contribution in [0.15, 0.2) is 6.33 Å². The zero-order valence-electron chi connectivity index (χ0n) is 10.4. The highest BCUT2D eigenvalue weighted by atomic mass is 32.2. The Bertz CT molecular complexity index is 535. The number of aryl methyl sites for hydroxylation is 1. The van der Waals surface area contributed by atoms with Crippen molar-refractivity contribution in [2.24, 2.45) is 5.92 Å². The molecule has 0 aromatic carbocycles. The van der Waals surface area contributed by atoms with Gasteiger partial charge in [-0.15, -0.1) is 0 Å². The number of carbonyl (C=O) groups is 1. The topological polar surface area (TPSA) is 81.9 Å². The average Bonchev–Trinajstić information content (AvgIpc) is 2.85. The summed E-state index contributed by atoms with van der Waals surface area (Å²) in [7, 11) is -2.90. The molecule has 2 heterocycles. The summed E-state index contributed by atoms with van der Waals surface area (Å²) in [6.45, 7) is 2.62. The molecule has 100 valence electrons. The molecular formula is C11H17N3O3S. The first-order valence-electron chi connectivity index (χ1n) is 6.09. The summed E-state index contributed by atoms with van der Waals surface area (Å²) in [6, 6.07) is 0. The SMILES string of the molecule is CCn1ncnc1CC(=O)CC1CCS(=O)(=O)C1. The number of ketones is 1.